The minimum absolute atomic E-state index is 0.252. The Morgan fingerprint density at radius 2 is 2.18 bits per heavy atom. The zero-order chi connectivity index (χ0) is 8.85. The van der Waals surface area contributed by atoms with Crippen LogP contribution in [-0.4, -0.2) is 37.1 Å². The topological polar surface area (TPSA) is 61.8 Å². The molecule has 1 N–H and O–H groups in total. The van der Waals surface area contributed by atoms with E-state index in [1.165, 1.54) is 21.0 Å². The maximum absolute atomic E-state index is 10.8. The Hall–Kier alpha value is -1.39. The first-order valence-corrected chi connectivity index (χ1v) is 3.07. The molecular weight excluding hydrogens is 146 g/mol. The van der Waals surface area contributed by atoms with Crippen molar-refractivity contribution in [3.05, 3.63) is 0 Å². The van der Waals surface area contributed by atoms with E-state index in [1.54, 1.807) is 0 Å². The molecule has 0 saturated carbocycles. The van der Waals surface area contributed by atoms with Gasteiger partial charge in [-0.15, -0.1) is 0 Å². The van der Waals surface area contributed by atoms with Gasteiger partial charge in [0.05, 0.1) is 0 Å². The zero-order valence-corrected chi connectivity index (χ0v) is 6.79. The molecule has 0 spiro atoms. The largest absolute Gasteiger partial charge is 0.354 e. The molecular formula is C6H11N3O2. The summed E-state index contributed by atoms with van der Waals surface area (Å²) in [4.78, 5) is 20.8. The maximum atomic E-state index is 10.8. The third kappa shape index (κ3) is 3.34. The highest BCUT2D eigenvalue weighted by atomic mass is 16.2. The molecule has 0 atom stereocenters. The van der Waals surface area contributed by atoms with Crippen LogP contribution in [0.4, 0.5) is 0 Å². The second-order valence-corrected chi connectivity index (χ2v) is 1.94. The average molecular weight is 157 g/mol. The molecule has 0 aromatic heterocycles. The fourth-order valence-corrected chi connectivity index (χ4v) is 0.486. The van der Waals surface area contributed by atoms with Gasteiger partial charge in [-0.3, -0.25) is 9.59 Å². The molecule has 0 bridgehead atoms. The van der Waals surface area contributed by atoms with Crippen LogP contribution in [0.1, 0.15) is 6.92 Å². The first-order chi connectivity index (χ1) is 5.11. The molecule has 0 saturated heterocycles. The minimum Gasteiger partial charge on any atom is -0.354 e. The van der Waals surface area contributed by atoms with E-state index in [0.29, 0.717) is 6.41 Å². The van der Waals surface area contributed by atoms with E-state index in [-0.39, 0.29) is 11.6 Å². The van der Waals surface area contributed by atoms with Crippen LogP contribution in [0.15, 0.2) is 5.10 Å². The number of nitrogens with zero attached hydrogens (tertiary/aromatic N) is 2. The molecule has 2 amide bonds. The summed E-state index contributed by atoms with van der Waals surface area (Å²) in [5, 5.41) is 7.05. The molecule has 5 nitrogen and oxygen atoms in total. The number of rotatable bonds is 3. The summed E-state index contributed by atoms with van der Waals surface area (Å²) >= 11 is 0. The first-order valence-electron chi connectivity index (χ1n) is 3.07. The maximum Gasteiger partial charge on any atom is 0.266 e. The molecule has 11 heavy (non-hydrogen) atoms. The lowest BCUT2D eigenvalue weighted by atomic mass is 10.4. The van der Waals surface area contributed by atoms with Crippen molar-refractivity contribution in [3.8, 4) is 0 Å². The fraction of sp³-hybridized carbons (Fsp3) is 0.500. The normalized spacial score (nSPS) is 10.6. The van der Waals surface area contributed by atoms with E-state index in [9.17, 15) is 9.59 Å². The van der Waals surface area contributed by atoms with Crippen LogP contribution < -0.4 is 5.32 Å². The van der Waals surface area contributed by atoms with Crippen molar-refractivity contribution in [3.63, 3.8) is 0 Å². The summed E-state index contributed by atoms with van der Waals surface area (Å²) in [5.41, 5.74) is 0.252. The molecule has 62 valence electrons. The smallest absolute Gasteiger partial charge is 0.266 e. The number of hydrogen-bond donors (Lipinski definition) is 1. The van der Waals surface area contributed by atoms with Gasteiger partial charge >= 0.3 is 0 Å². The number of hydrogen-bond acceptors (Lipinski definition) is 3. The number of nitrogens with one attached hydrogen (secondary N) is 1. The van der Waals surface area contributed by atoms with Crippen molar-refractivity contribution in [1.82, 2.24) is 10.3 Å². The standard InChI is InChI=1S/C6H11N3O2/c1-5(6(11)7-2)8-9(3)4-10/h4H,1-3H3,(H,7,11)/b8-5-. The summed E-state index contributed by atoms with van der Waals surface area (Å²) in [6.45, 7) is 1.53. The van der Waals surface area contributed by atoms with E-state index >= 15 is 0 Å². The summed E-state index contributed by atoms with van der Waals surface area (Å²) < 4.78 is 0. The van der Waals surface area contributed by atoms with E-state index < -0.39 is 0 Å². The van der Waals surface area contributed by atoms with Crippen LogP contribution in [0.2, 0.25) is 0 Å². The Morgan fingerprint density at radius 1 is 1.64 bits per heavy atom. The highest BCUT2D eigenvalue weighted by Gasteiger charge is 2.02. The second kappa shape index (κ2) is 4.43. The molecule has 0 fully saturated rings. The van der Waals surface area contributed by atoms with E-state index in [2.05, 4.69) is 10.4 Å². The Morgan fingerprint density at radius 3 is 2.55 bits per heavy atom. The van der Waals surface area contributed by atoms with E-state index in [0.717, 1.165) is 5.01 Å². The van der Waals surface area contributed by atoms with Crippen LogP contribution in [0.25, 0.3) is 0 Å². The SMILES string of the molecule is CNC(=O)/C(C)=N\N(C)C=O. The molecule has 0 aromatic carbocycles. The predicted octanol–water partition coefficient (Wildman–Crippen LogP) is -0.804. The van der Waals surface area contributed by atoms with Gasteiger partial charge in [0.1, 0.15) is 5.71 Å². The first kappa shape index (κ1) is 9.61. The Balaban J connectivity index is 4.20. The van der Waals surface area contributed by atoms with Gasteiger partial charge in [0.15, 0.2) is 0 Å². The van der Waals surface area contributed by atoms with Gasteiger partial charge in [0.2, 0.25) is 6.41 Å². The van der Waals surface area contributed by atoms with Crippen LogP contribution in [0, 0.1) is 0 Å². The van der Waals surface area contributed by atoms with Gasteiger partial charge in [0, 0.05) is 14.1 Å². The molecule has 0 unspecified atom stereocenters. The highest BCUT2D eigenvalue weighted by molar-refractivity contribution is 6.37. The minimum atomic E-state index is -0.293. The van der Waals surface area contributed by atoms with Crippen LogP contribution in [0.5, 0.6) is 0 Å². The summed E-state index contributed by atoms with van der Waals surface area (Å²) in [6, 6.07) is 0. The fourth-order valence-electron chi connectivity index (χ4n) is 0.486. The van der Waals surface area contributed by atoms with Gasteiger partial charge in [-0.2, -0.15) is 5.10 Å². The summed E-state index contributed by atoms with van der Waals surface area (Å²) in [5.74, 6) is -0.293. The average Bonchev–Trinajstić information content (AvgIpc) is 2.02. The number of carbonyl (C=O) groups is 2. The van der Waals surface area contributed by atoms with Crippen molar-refractivity contribution in [2.45, 2.75) is 6.92 Å². The monoisotopic (exact) mass is 157 g/mol. The third-order valence-corrected chi connectivity index (χ3v) is 1.02. The van der Waals surface area contributed by atoms with Gasteiger partial charge in [0.25, 0.3) is 5.91 Å². The molecule has 0 rings (SSSR count). The highest BCUT2D eigenvalue weighted by Crippen LogP contribution is 1.81. The molecule has 0 aromatic rings. The number of amides is 2. The number of hydrazone groups is 1. The van der Waals surface area contributed by atoms with Crippen molar-refractivity contribution in [2.24, 2.45) is 5.10 Å². The van der Waals surface area contributed by atoms with Crippen molar-refractivity contribution >= 4 is 18.0 Å². The van der Waals surface area contributed by atoms with Crippen LogP contribution in [0.3, 0.4) is 0 Å². The Labute approximate surface area is 65.1 Å². The molecule has 0 aliphatic rings. The molecule has 5 heteroatoms. The lowest BCUT2D eigenvalue weighted by Crippen LogP contribution is -2.27. The molecule has 0 aliphatic carbocycles. The van der Waals surface area contributed by atoms with Gasteiger partial charge in [-0.25, -0.2) is 5.01 Å². The molecule has 0 radical (unpaired) electrons. The molecule has 0 heterocycles. The van der Waals surface area contributed by atoms with Gasteiger partial charge in [-0.1, -0.05) is 0 Å². The molecule has 0 aliphatic heterocycles. The quantitative estimate of drug-likeness (QED) is 0.331. The van der Waals surface area contributed by atoms with Gasteiger partial charge in [-0.05, 0) is 6.92 Å². The zero-order valence-electron chi connectivity index (χ0n) is 6.79. The van der Waals surface area contributed by atoms with Crippen molar-refractivity contribution < 1.29 is 9.59 Å². The van der Waals surface area contributed by atoms with Gasteiger partial charge < -0.3 is 5.32 Å². The van der Waals surface area contributed by atoms with Crippen molar-refractivity contribution in [1.29, 1.82) is 0 Å². The third-order valence-electron chi connectivity index (χ3n) is 1.02. The summed E-state index contributed by atoms with van der Waals surface area (Å²) in [6.07, 6.45) is 0.520. The van der Waals surface area contributed by atoms with Crippen LogP contribution in [-0.2, 0) is 9.59 Å². The summed E-state index contributed by atoms with van der Waals surface area (Å²) in [7, 11) is 2.96. The lowest BCUT2D eigenvalue weighted by Gasteiger charge is -2.03. The number of carbonyl (C=O) groups excluding carboxylic acids is 2. The Kier molecular flexibility index (Phi) is 3.87. The Bertz CT molecular complexity index is 188. The van der Waals surface area contributed by atoms with E-state index in [4.69, 9.17) is 0 Å². The predicted molar refractivity (Wildman–Crippen MR) is 41.0 cm³/mol. The van der Waals surface area contributed by atoms with Crippen molar-refractivity contribution in [2.75, 3.05) is 14.1 Å². The van der Waals surface area contributed by atoms with E-state index in [1.807, 2.05) is 0 Å². The van der Waals surface area contributed by atoms with Crippen LogP contribution >= 0.6 is 0 Å². The lowest BCUT2D eigenvalue weighted by molar-refractivity contribution is -0.117. The second-order valence-electron chi connectivity index (χ2n) is 1.94.